The van der Waals surface area contributed by atoms with Crippen molar-refractivity contribution in [3.05, 3.63) is 41.3 Å². The van der Waals surface area contributed by atoms with E-state index in [9.17, 15) is 4.79 Å². The minimum atomic E-state index is -0.0284. The molecule has 0 bridgehead atoms. The van der Waals surface area contributed by atoms with Crippen molar-refractivity contribution in [3.63, 3.8) is 0 Å². The van der Waals surface area contributed by atoms with E-state index in [-0.39, 0.29) is 5.91 Å². The van der Waals surface area contributed by atoms with Crippen LogP contribution in [0.25, 0.3) is 5.82 Å². The molecule has 5 nitrogen and oxygen atoms in total. The third-order valence-electron chi connectivity index (χ3n) is 4.18. The molecule has 0 saturated heterocycles. The zero-order valence-electron chi connectivity index (χ0n) is 13.2. The minimum Gasteiger partial charge on any atom is -0.349 e. The summed E-state index contributed by atoms with van der Waals surface area (Å²) in [5.41, 5.74) is 2.60. The standard InChI is InChI=1S/C17H22N4O/c1-12-10-13(2)21(20-12)16-9-8-14(11-18-16)17(22)19-15-6-4-3-5-7-15/h8-11,15H,3-7H2,1-2H3,(H,19,22). The van der Waals surface area contributed by atoms with E-state index < -0.39 is 0 Å². The van der Waals surface area contributed by atoms with Crippen molar-refractivity contribution in [1.29, 1.82) is 0 Å². The predicted molar refractivity (Wildman–Crippen MR) is 85.2 cm³/mol. The SMILES string of the molecule is Cc1cc(C)n(-c2ccc(C(=O)NC3CCCCC3)cn2)n1. The Morgan fingerprint density at radius 1 is 1.23 bits per heavy atom. The van der Waals surface area contributed by atoms with E-state index >= 15 is 0 Å². The van der Waals surface area contributed by atoms with Gasteiger partial charge in [-0.05, 0) is 44.9 Å². The molecule has 0 aromatic carbocycles. The van der Waals surface area contributed by atoms with Crippen molar-refractivity contribution in [1.82, 2.24) is 20.1 Å². The van der Waals surface area contributed by atoms with Crippen LogP contribution in [-0.2, 0) is 0 Å². The number of carbonyl (C=O) groups is 1. The molecule has 1 fully saturated rings. The van der Waals surface area contributed by atoms with Crippen LogP contribution < -0.4 is 5.32 Å². The first kappa shape index (κ1) is 14.8. The van der Waals surface area contributed by atoms with E-state index in [1.54, 1.807) is 10.9 Å². The van der Waals surface area contributed by atoms with Crippen LogP contribution in [-0.4, -0.2) is 26.7 Å². The number of aryl methyl sites for hydroxylation is 2. The van der Waals surface area contributed by atoms with Gasteiger partial charge in [0.2, 0.25) is 0 Å². The zero-order valence-corrected chi connectivity index (χ0v) is 13.2. The minimum absolute atomic E-state index is 0.0284. The number of pyridine rings is 1. The Labute approximate surface area is 130 Å². The second-order valence-corrected chi connectivity index (χ2v) is 6.05. The van der Waals surface area contributed by atoms with Crippen molar-refractivity contribution in [2.75, 3.05) is 0 Å². The molecule has 0 spiro atoms. The first-order valence-electron chi connectivity index (χ1n) is 7.94. The molecule has 0 aliphatic heterocycles. The van der Waals surface area contributed by atoms with E-state index in [4.69, 9.17) is 0 Å². The topological polar surface area (TPSA) is 59.8 Å². The van der Waals surface area contributed by atoms with Gasteiger partial charge < -0.3 is 5.32 Å². The zero-order chi connectivity index (χ0) is 15.5. The van der Waals surface area contributed by atoms with Crippen LogP contribution in [0.1, 0.15) is 53.8 Å². The lowest BCUT2D eigenvalue weighted by Gasteiger charge is -2.22. The van der Waals surface area contributed by atoms with Crippen LogP contribution >= 0.6 is 0 Å². The molecule has 0 atom stereocenters. The summed E-state index contributed by atoms with van der Waals surface area (Å²) in [4.78, 5) is 16.6. The second kappa shape index (κ2) is 6.30. The maximum Gasteiger partial charge on any atom is 0.253 e. The number of hydrogen-bond donors (Lipinski definition) is 1. The average molecular weight is 298 g/mol. The normalized spacial score (nSPS) is 15.7. The highest BCUT2D eigenvalue weighted by Gasteiger charge is 2.17. The Bertz CT molecular complexity index is 654. The first-order chi connectivity index (χ1) is 10.6. The maximum atomic E-state index is 12.3. The van der Waals surface area contributed by atoms with E-state index in [2.05, 4.69) is 15.4 Å². The van der Waals surface area contributed by atoms with E-state index in [1.807, 2.05) is 32.0 Å². The molecule has 1 aliphatic rings. The van der Waals surface area contributed by atoms with Gasteiger partial charge >= 0.3 is 0 Å². The van der Waals surface area contributed by atoms with Crippen LogP contribution in [0.2, 0.25) is 0 Å². The van der Waals surface area contributed by atoms with Crippen LogP contribution in [0, 0.1) is 13.8 Å². The van der Waals surface area contributed by atoms with Gasteiger partial charge in [0.15, 0.2) is 5.82 Å². The molecule has 1 saturated carbocycles. The molecule has 0 unspecified atom stereocenters. The van der Waals surface area contributed by atoms with Crippen molar-refractivity contribution in [3.8, 4) is 5.82 Å². The Morgan fingerprint density at radius 3 is 2.59 bits per heavy atom. The van der Waals surface area contributed by atoms with Gasteiger partial charge in [-0.1, -0.05) is 19.3 Å². The third kappa shape index (κ3) is 3.18. The number of nitrogens with zero attached hydrogens (tertiary/aromatic N) is 3. The molecule has 2 heterocycles. The molecular formula is C17H22N4O. The highest BCUT2D eigenvalue weighted by Crippen LogP contribution is 2.18. The molecule has 2 aromatic rings. The average Bonchev–Trinajstić information content (AvgIpc) is 2.87. The molecule has 5 heteroatoms. The van der Waals surface area contributed by atoms with Crippen LogP contribution in [0.15, 0.2) is 24.4 Å². The summed E-state index contributed by atoms with van der Waals surface area (Å²) in [7, 11) is 0. The monoisotopic (exact) mass is 298 g/mol. The van der Waals surface area contributed by atoms with E-state index in [1.165, 1.54) is 19.3 Å². The largest absolute Gasteiger partial charge is 0.349 e. The summed E-state index contributed by atoms with van der Waals surface area (Å²) in [6.45, 7) is 3.95. The van der Waals surface area contributed by atoms with Gasteiger partial charge in [-0.3, -0.25) is 4.79 Å². The first-order valence-corrected chi connectivity index (χ1v) is 7.94. The maximum absolute atomic E-state index is 12.3. The fraction of sp³-hybridized carbons (Fsp3) is 0.471. The molecule has 1 aliphatic carbocycles. The third-order valence-corrected chi connectivity index (χ3v) is 4.18. The summed E-state index contributed by atoms with van der Waals surface area (Å²) >= 11 is 0. The van der Waals surface area contributed by atoms with Gasteiger partial charge in [0.25, 0.3) is 5.91 Å². The molecule has 2 aromatic heterocycles. The van der Waals surface area contributed by atoms with Gasteiger partial charge in [0.05, 0.1) is 11.3 Å². The van der Waals surface area contributed by atoms with Gasteiger partial charge in [-0.25, -0.2) is 9.67 Å². The highest BCUT2D eigenvalue weighted by atomic mass is 16.1. The van der Waals surface area contributed by atoms with Gasteiger partial charge in [-0.15, -0.1) is 0 Å². The summed E-state index contributed by atoms with van der Waals surface area (Å²) in [6, 6.07) is 5.98. The number of nitrogens with one attached hydrogen (secondary N) is 1. The molecule has 3 rings (SSSR count). The molecule has 116 valence electrons. The molecular weight excluding hydrogens is 276 g/mol. The van der Waals surface area contributed by atoms with E-state index in [0.29, 0.717) is 11.6 Å². The molecule has 1 N–H and O–H groups in total. The van der Waals surface area contributed by atoms with Crippen LogP contribution in [0.3, 0.4) is 0 Å². The van der Waals surface area contributed by atoms with Crippen LogP contribution in [0.4, 0.5) is 0 Å². The summed E-state index contributed by atoms with van der Waals surface area (Å²) in [5, 5.41) is 7.51. The summed E-state index contributed by atoms with van der Waals surface area (Å²) in [6.07, 6.45) is 7.50. The van der Waals surface area contributed by atoms with Crippen molar-refractivity contribution < 1.29 is 4.79 Å². The lowest BCUT2D eigenvalue weighted by molar-refractivity contribution is 0.0927. The van der Waals surface area contributed by atoms with Gasteiger partial charge in [0, 0.05) is 17.9 Å². The van der Waals surface area contributed by atoms with Crippen molar-refractivity contribution >= 4 is 5.91 Å². The number of amides is 1. The Kier molecular flexibility index (Phi) is 4.22. The summed E-state index contributed by atoms with van der Waals surface area (Å²) in [5.74, 6) is 0.708. The Balaban J connectivity index is 1.70. The van der Waals surface area contributed by atoms with E-state index in [0.717, 1.165) is 30.0 Å². The van der Waals surface area contributed by atoms with Crippen molar-refractivity contribution in [2.24, 2.45) is 0 Å². The van der Waals surface area contributed by atoms with Gasteiger partial charge in [-0.2, -0.15) is 5.10 Å². The number of rotatable bonds is 3. The number of aromatic nitrogens is 3. The quantitative estimate of drug-likeness (QED) is 0.947. The lowest BCUT2D eigenvalue weighted by atomic mass is 9.95. The van der Waals surface area contributed by atoms with Crippen LogP contribution in [0.5, 0.6) is 0 Å². The fourth-order valence-corrected chi connectivity index (χ4v) is 3.02. The second-order valence-electron chi connectivity index (χ2n) is 6.05. The lowest BCUT2D eigenvalue weighted by Crippen LogP contribution is -2.36. The fourth-order valence-electron chi connectivity index (χ4n) is 3.02. The Morgan fingerprint density at radius 2 is 2.00 bits per heavy atom. The number of carbonyl (C=O) groups excluding carboxylic acids is 1. The smallest absolute Gasteiger partial charge is 0.253 e. The predicted octanol–water partition coefficient (Wildman–Crippen LogP) is 2.95. The molecule has 22 heavy (non-hydrogen) atoms. The highest BCUT2D eigenvalue weighted by molar-refractivity contribution is 5.94. The van der Waals surface area contributed by atoms with Crippen molar-refractivity contribution in [2.45, 2.75) is 52.0 Å². The summed E-state index contributed by atoms with van der Waals surface area (Å²) < 4.78 is 1.79. The molecule has 0 radical (unpaired) electrons. The van der Waals surface area contributed by atoms with Gasteiger partial charge in [0.1, 0.15) is 0 Å². The number of hydrogen-bond acceptors (Lipinski definition) is 3. The molecule has 1 amide bonds. The Hall–Kier alpha value is -2.17.